The molecule has 1 N–H and O–H groups in total. The molecular formula is C17H18BrNO2. The number of benzene rings is 2. The van der Waals surface area contributed by atoms with Gasteiger partial charge in [0.15, 0.2) is 0 Å². The number of rotatable bonds is 4. The van der Waals surface area contributed by atoms with E-state index in [0.29, 0.717) is 19.8 Å². The second-order valence-corrected chi connectivity index (χ2v) is 5.94. The van der Waals surface area contributed by atoms with Crippen LogP contribution in [0.5, 0.6) is 0 Å². The van der Waals surface area contributed by atoms with Crippen LogP contribution in [0.25, 0.3) is 0 Å². The maximum Gasteiger partial charge on any atom is 0.105 e. The molecule has 0 amide bonds. The van der Waals surface area contributed by atoms with Crippen molar-refractivity contribution >= 4 is 21.6 Å². The molecule has 0 spiro atoms. The zero-order valence-electron chi connectivity index (χ0n) is 11.7. The highest BCUT2D eigenvalue weighted by Gasteiger charge is 2.26. The summed E-state index contributed by atoms with van der Waals surface area (Å²) in [5, 5.41) is 3.57. The monoisotopic (exact) mass is 347 g/mol. The molecule has 21 heavy (non-hydrogen) atoms. The molecule has 3 nitrogen and oxygen atoms in total. The molecule has 1 saturated heterocycles. The summed E-state index contributed by atoms with van der Waals surface area (Å²) in [6.07, 6.45) is 0.0183. The number of nitrogens with one attached hydrogen (secondary N) is 1. The number of hydrogen-bond acceptors (Lipinski definition) is 3. The highest BCUT2D eigenvalue weighted by atomic mass is 79.9. The largest absolute Gasteiger partial charge is 0.376 e. The Bertz CT molecular complexity index is 553. The van der Waals surface area contributed by atoms with Crippen molar-refractivity contribution in [1.82, 2.24) is 0 Å². The summed E-state index contributed by atoms with van der Waals surface area (Å²) in [6, 6.07) is 18.6. The Labute approximate surface area is 133 Å². The Morgan fingerprint density at radius 3 is 2.43 bits per heavy atom. The summed E-state index contributed by atoms with van der Waals surface area (Å²) in [5.74, 6) is 0. The molecule has 2 aromatic rings. The molecule has 110 valence electrons. The predicted octanol–water partition coefficient (Wildman–Crippen LogP) is 4.02. The molecule has 1 aliphatic rings. The summed E-state index contributed by atoms with van der Waals surface area (Å²) in [5.41, 5.74) is 2.28. The lowest BCUT2D eigenvalue weighted by atomic mass is 10.0. The smallest absolute Gasteiger partial charge is 0.105 e. The first-order valence-corrected chi connectivity index (χ1v) is 7.88. The number of halogens is 1. The molecule has 2 atom stereocenters. The van der Waals surface area contributed by atoms with E-state index in [2.05, 4.69) is 57.6 Å². The normalized spacial score (nSPS) is 20.0. The van der Waals surface area contributed by atoms with Gasteiger partial charge in [-0.25, -0.2) is 0 Å². The first kappa shape index (κ1) is 14.6. The van der Waals surface area contributed by atoms with Crippen LogP contribution >= 0.6 is 15.9 Å². The van der Waals surface area contributed by atoms with E-state index in [1.165, 1.54) is 5.56 Å². The summed E-state index contributed by atoms with van der Waals surface area (Å²) < 4.78 is 12.5. The third-order valence-electron chi connectivity index (χ3n) is 3.54. The molecule has 2 unspecified atom stereocenters. The quantitative estimate of drug-likeness (QED) is 0.905. The average Bonchev–Trinajstić information content (AvgIpc) is 2.56. The first-order valence-electron chi connectivity index (χ1n) is 7.09. The van der Waals surface area contributed by atoms with Crippen molar-refractivity contribution in [3.63, 3.8) is 0 Å². The standard InChI is InChI=1S/C17H18BrNO2/c18-14-6-8-15(9-7-14)19-17(13-4-2-1-3-5-13)16-12-20-10-11-21-16/h1-9,16-17,19H,10-12H2. The number of hydrogen-bond donors (Lipinski definition) is 1. The van der Waals surface area contributed by atoms with Crippen molar-refractivity contribution in [3.05, 3.63) is 64.6 Å². The molecule has 0 saturated carbocycles. The van der Waals surface area contributed by atoms with Gasteiger partial charge in [-0.3, -0.25) is 0 Å². The Morgan fingerprint density at radius 2 is 1.76 bits per heavy atom. The maximum absolute atomic E-state index is 5.89. The van der Waals surface area contributed by atoms with Gasteiger partial charge in [0.25, 0.3) is 0 Å². The van der Waals surface area contributed by atoms with E-state index in [-0.39, 0.29) is 12.1 Å². The highest BCUT2D eigenvalue weighted by Crippen LogP contribution is 2.27. The molecule has 0 radical (unpaired) electrons. The average molecular weight is 348 g/mol. The van der Waals surface area contributed by atoms with E-state index < -0.39 is 0 Å². The number of ether oxygens (including phenoxy) is 2. The number of anilines is 1. The van der Waals surface area contributed by atoms with Crippen LogP contribution in [0.4, 0.5) is 5.69 Å². The molecule has 2 aromatic carbocycles. The molecule has 0 aliphatic carbocycles. The van der Waals surface area contributed by atoms with Gasteiger partial charge in [0.2, 0.25) is 0 Å². The molecule has 0 aromatic heterocycles. The van der Waals surface area contributed by atoms with Crippen molar-refractivity contribution in [2.45, 2.75) is 12.1 Å². The Balaban J connectivity index is 1.83. The van der Waals surface area contributed by atoms with Gasteiger partial charge >= 0.3 is 0 Å². The topological polar surface area (TPSA) is 30.5 Å². The fraction of sp³-hybridized carbons (Fsp3) is 0.294. The lowest BCUT2D eigenvalue weighted by Gasteiger charge is -2.32. The van der Waals surface area contributed by atoms with Crippen LogP contribution in [-0.4, -0.2) is 25.9 Å². The maximum atomic E-state index is 5.89. The van der Waals surface area contributed by atoms with Crippen LogP contribution in [0, 0.1) is 0 Å². The second-order valence-electron chi connectivity index (χ2n) is 5.02. The van der Waals surface area contributed by atoms with Gasteiger partial charge < -0.3 is 14.8 Å². The fourth-order valence-electron chi connectivity index (χ4n) is 2.48. The van der Waals surface area contributed by atoms with Crippen LogP contribution in [0.1, 0.15) is 11.6 Å². The zero-order valence-corrected chi connectivity index (χ0v) is 13.3. The van der Waals surface area contributed by atoms with Crippen molar-refractivity contribution in [2.24, 2.45) is 0 Å². The summed E-state index contributed by atoms with van der Waals surface area (Å²) in [4.78, 5) is 0. The van der Waals surface area contributed by atoms with Crippen molar-refractivity contribution < 1.29 is 9.47 Å². The van der Waals surface area contributed by atoms with Crippen molar-refractivity contribution in [2.75, 3.05) is 25.1 Å². The van der Waals surface area contributed by atoms with Crippen LogP contribution in [0.2, 0.25) is 0 Å². The summed E-state index contributed by atoms with van der Waals surface area (Å²) in [7, 11) is 0. The Kier molecular flexibility index (Phi) is 4.91. The van der Waals surface area contributed by atoms with Crippen LogP contribution in [0.15, 0.2) is 59.1 Å². The van der Waals surface area contributed by atoms with Gasteiger partial charge in [-0.2, -0.15) is 0 Å². The van der Waals surface area contributed by atoms with Gasteiger partial charge in [-0.05, 0) is 29.8 Å². The minimum atomic E-state index is 0.0183. The fourth-order valence-corrected chi connectivity index (χ4v) is 2.74. The van der Waals surface area contributed by atoms with Gasteiger partial charge in [0, 0.05) is 10.2 Å². The minimum Gasteiger partial charge on any atom is -0.376 e. The van der Waals surface area contributed by atoms with Gasteiger partial charge in [-0.15, -0.1) is 0 Å². The molecule has 3 rings (SSSR count). The van der Waals surface area contributed by atoms with E-state index in [4.69, 9.17) is 9.47 Å². The lowest BCUT2D eigenvalue weighted by Crippen LogP contribution is -2.37. The van der Waals surface area contributed by atoms with E-state index >= 15 is 0 Å². The molecule has 1 heterocycles. The predicted molar refractivity (Wildman–Crippen MR) is 87.5 cm³/mol. The minimum absolute atomic E-state index is 0.0183. The molecule has 4 heteroatoms. The van der Waals surface area contributed by atoms with E-state index in [0.717, 1.165) is 10.2 Å². The van der Waals surface area contributed by atoms with E-state index in [1.54, 1.807) is 0 Å². The summed E-state index contributed by atoms with van der Waals surface area (Å²) >= 11 is 3.46. The molecule has 0 bridgehead atoms. The van der Waals surface area contributed by atoms with E-state index in [1.807, 2.05) is 18.2 Å². The van der Waals surface area contributed by atoms with Crippen LogP contribution in [-0.2, 0) is 9.47 Å². The summed E-state index contributed by atoms with van der Waals surface area (Å²) in [6.45, 7) is 1.94. The Morgan fingerprint density at radius 1 is 1.00 bits per heavy atom. The highest BCUT2D eigenvalue weighted by molar-refractivity contribution is 9.10. The second kappa shape index (κ2) is 7.07. The SMILES string of the molecule is Brc1ccc(NC(c2ccccc2)C2COCCO2)cc1. The zero-order chi connectivity index (χ0) is 14.5. The first-order chi connectivity index (χ1) is 10.3. The molecule has 1 fully saturated rings. The third-order valence-corrected chi connectivity index (χ3v) is 4.07. The van der Waals surface area contributed by atoms with Gasteiger partial charge in [0.05, 0.1) is 25.9 Å². The van der Waals surface area contributed by atoms with Gasteiger partial charge in [-0.1, -0.05) is 46.3 Å². The van der Waals surface area contributed by atoms with Crippen molar-refractivity contribution in [1.29, 1.82) is 0 Å². The molecular weight excluding hydrogens is 330 g/mol. The van der Waals surface area contributed by atoms with Crippen LogP contribution in [0.3, 0.4) is 0 Å². The molecule has 1 aliphatic heterocycles. The van der Waals surface area contributed by atoms with Crippen LogP contribution < -0.4 is 5.32 Å². The Hall–Kier alpha value is -1.36. The van der Waals surface area contributed by atoms with Crippen molar-refractivity contribution in [3.8, 4) is 0 Å². The third kappa shape index (κ3) is 3.84. The van der Waals surface area contributed by atoms with E-state index in [9.17, 15) is 0 Å². The lowest BCUT2D eigenvalue weighted by molar-refractivity contribution is -0.0950. The van der Waals surface area contributed by atoms with Gasteiger partial charge in [0.1, 0.15) is 6.10 Å².